The molecule has 0 aliphatic carbocycles. The lowest BCUT2D eigenvalue weighted by Gasteiger charge is -2.17. The van der Waals surface area contributed by atoms with Crippen LogP contribution in [0.15, 0.2) is 42.5 Å². The van der Waals surface area contributed by atoms with Crippen LogP contribution in [-0.2, 0) is 0 Å². The highest BCUT2D eigenvalue weighted by atomic mass is 19.1. The Labute approximate surface area is 124 Å². The molecule has 2 rings (SSSR count). The molecule has 0 fully saturated rings. The Hall–Kier alpha value is -1.91. The Kier molecular flexibility index (Phi) is 5.31. The third-order valence-corrected chi connectivity index (χ3v) is 3.46. The van der Waals surface area contributed by atoms with E-state index in [1.807, 2.05) is 37.3 Å². The van der Waals surface area contributed by atoms with E-state index in [1.165, 1.54) is 6.07 Å². The first-order valence-electron chi connectivity index (χ1n) is 7.02. The molecule has 2 aromatic carbocycles. The largest absolute Gasteiger partial charge is 0.494 e. The van der Waals surface area contributed by atoms with Crippen molar-refractivity contribution in [3.05, 3.63) is 65.0 Å². The van der Waals surface area contributed by atoms with Crippen molar-refractivity contribution in [1.29, 1.82) is 0 Å². The molecule has 1 atom stereocenters. The van der Waals surface area contributed by atoms with Crippen LogP contribution in [0.25, 0.3) is 0 Å². The fourth-order valence-electron chi connectivity index (χ4n) is 2.17. The number of hydrogen-bond donors (Lipinski definition) is 2. The molecule has 0 saturated carbocycles. The van der Waals surface area contributed by atoms with E-state index in [2.05, 4.69) is 5.43 Å². The number of ether oxygens (including phenoxy) is 1. The van der Waals surface area contributed by atoms with Crippen molar-refractivity contribution in [2.75, 3.05) is 6.61 Å². The molecular formula is C17H21FN2O. The van der Waals surface area contributed by atoms with Gasteiger partial charge in [0.25, 0.3) is 0 Å². The molecule has 0 amide bonds. The van der Waals surface area contributed by atoms with Crippen molar-refractivity contribution in [1.82, 2.24) is 5.43 Å². The van der Waals surface area contributed by atoms with Crippen molar-refractivity contribution in [3.8, 4) is 5.75 Å². The van der Waals surface area contributed by atoms with Crippen LogP contribution in [0.1, 0.15) is 29.2 Å². The zero-order valence-corrected chi connectivity index (χ0v) is 12.4. The molecule has 0 aliphatic rings. The number of hydrazine groups is 1. The van der Waals surface area contributed by atoms with Crippen LogP contribution < -0.4 is 16.0 Å². The summed E-state index contributed by atoms with van der Waals surface area (Å²) in [5.41, 5.74) is 5.33. The van der Waals surface area contributed by atoms with Crippen LogP contribution in [0.4, 0.5) is 4.39 Å². The summed E-state index contributed by atoms with van der Waals surface area (Å²) >= 11 is 0. The van der Waals surface area contributed by atoms with Crippen molar-refractivity contribution in [2.45, 2.75) is 26.3 Å². The van der Waals surface area contributed by atoms with E-state index < -0.39 is 0 Å². The van der Waals surface area contributed by atoms with E-state index in [1.54, 1.807) is 13.0 Å². The van der Waals surface area contributed by atoms with Gasteiger partial charge in [-0.3, -0.25) is 11.3 Å². The van der Waals surface area contributed by atoms with Crippen molar-refractivity contribution in [2.24, 2.45) is 5.84 Å². The molecule has 0 bridgehead atoms. The molecular weight excluding hydrogens is 267 g/mol. The molecule has 0 aromatic heterocycles. The van der Waals surface area contributed by atoms with Gasteiger partial charge < -0.3 is 4.74 Å². The van der Waals surface area contributed by atoms with Crippen molar-refractivity contribution < 1.29 is 9.13 Å². The topological polar surface area (TPSA) is 47.3 Å². The molecule has 1 unspecified atom stereocenters. The summed E-state index contributed by atoms with van der Waals surface area (Å²) in [6.45, 7) is 4.27. The summed E-state index contributed by atoms with van der Waals surface area (Å²) in [5, 5.41) is 0. The number of nitrogens with two attached hydrogens (primary N) is 1. The Morgan fingerprint density at radius 1 is 1.19 bits per heavy atom. The van der Waals surface area contributed by atoms with Gasteiger partial charge in [-0.2, -0.15) is 0 Å². The lowest BCUT2D eigenvalue weighted by molar-refractivity contribution is 0.287. The van der Waals surface area contributed by atoms with Gasteiger partial charge in [0.15, 0.2) is 0 Å². The Morgan fingerprint density at radius 3 is 2.67 bits per heavy atom. The van der Waals surface area contributed by atoms with Crippen LogP contribution in [0.3, 0.4) is 0 Å². The molecule has 0 heterocycles. The Balaban J connectivity index is 1.94. The van der Waals surface area contributed by atoms with Gasteiger partial charge in [0.05, 0.1) is 6.61 Å². The van der Waals surface area contributed by atoms with E-state index in [0.717, 1.165) is 16.9 Å². The zero-order valence-electron chi connectivity index (χ0n) is 12.4. The molecule has 21 heavy (non-hydrogen) atoms. The highest BCUT2D eigenvalue weighted by Crippen LogP contribution is 2.20. The van der Waals surface area contributed by atoms with Gasteiger partial charge in [-0.05, 0) is 48.7 Å². The number of hydrogen-bond acceptors (Lipinski definition) is 3. The van der Waals surface area contributed by atoms with E-state index in [4.69, 9.17) is 10.6 Å². The first-order chi connectivity index (χ1) is 10.1. The Morgan fingerprint density at radius 2 is 2.00 bits per heavy atom. The average molecular weight is 288 g/mol. The maximum absolute atomic E-state index is 13.6. The van der Waals surface area contributed by atoms with E-state index in [9.17, 15) is 4.39 Å². The number of aryl methyl sites for hydroxylation is 2. The number of nitrogens with one attached hydrogen (secondary N) is 1. The van der Waals surface area contributed by atoms with Gasteiger partial charge in [0, 0.05) is 12.5 Å². The lowest BCUT2D eigenvalue weighted by atomic mass is 10.0. The summed E-state index contributed by atoms with van der Waals surface area (Å²) in [6.07, 6.45) is 0.660. The second-order valence-electron chi connectivity index (χ2n) is 5.18. The van der Waals surface area contributed by atoms with Gasteiger partial charge >= 0.3 is 0 Å². The summed E-state index contributed by atoms with van der Waals surface area (Å²) in [7, 11) is 0. The smallest absolute Gasteiger partial charge is 0.126 e. The van der Waals surface area contributed by atoms with Crippen LogP contribution in [0, 0.1) is 19.7 Å². The number of rotatable bonds is 6. The van der Waals surface area contributed by atoms with Gasteiger partial charge in [-0.1, -0.05) is 24.3 Å². The van der Waals surface area contributed by atoms with Crippen molar-refractivity contribution >= 4 is 0 Å². The zero-order chi connectivity index (χ0) is 15.2. The minimum Gasteiger partial charge on any atom is -0.494 e. The molecule has 0 spiro atoms. The van der Waals surface area contributed by atoms with Crippen LogP contribution in [0.2, 0.25) is 0 Å². The fourth-order valence-corrected chi connectivity index (χ4v) is 2.17. The van der Waals surface area contributed by atoms with Gasteiger partial charge in [0.2, 0.25) is 0 Å². The summed E-state index contributed by atoms with van der Waals surface area (Å²) in [5.74, 6) is 6.19. The van der Waals surface area contributed by atoms with E-state index in [0.29, 0.717) is 18.6 Å². The molecule has 3 N–H and O–H groups in total. The second kappa shape index (κ2) is 7.20. The predicted octanol–water partition coefficient (Wildman–Crippen LogP) is 3.42. The third-order valence-electron chi connectivity index (χ3n) is 3.46. The minimum absolute atomic E-state index is 0.134. The normalized spacial score (nSPS) is 12.2. The lowest BCUT2D eigenvalue weighted by Crippen LogP contribution is -2.29. The molecule has 0 aliphatic heterocycles. The third kappa shape index (κ3) is 4.28. The number of benzene rings is 2. The SMILES string of the molecule is Cc1cccc(OCCC(NN)c2ccc(C)c(F)c2)c1. The summed E-state index contributed by atoms with van der Waals surface area (Å²) in [4.78, 5) is 0. The first kappa shape index (κ1) is 15.5. The van der Waals surface area contributed by atoms with Crippen molar-refractivity contribution in [3.63, 3.8) is 0 Å². The maximum atomic E-state index is 13.6. The van der Waals surface area contributed by atoms with Gasteiger partial charge in [0.1, 0.15) is 11.6 Å². The van der Waals surface area contributed by atoms with Crippen LogP contribution in [0.5, 0.6) is 5.75 Å². The minimum atomic E-state index is -0.215. The van der Waals surface area contributed by atoms with E-state index in [-0.39, 0.29) is 11.9 Å². The predicted molar refractivity (Wildman–Crippen MR) is 82.5 cm³/mol. The summed E-state index contributed by atoms with van der Waals surface area (Å²) in [6, 6.07) is 12.9. The number of halogens is 1. The molecule has 3 nitrogen and oxygen atoms in total. The monoisotopic (exact) mass is 288 g/mol. The second-order valence-corrected chi connectivity index (χ2v) is 5.18. The standard InChI is InChI=1S/C17H21FN2O/c1-12-4-3-5-15(10-12)21-9-8-17(20-19)14-7-6-13(2)16(18)11-14/h3-7,10-11,17,20H,8-9,19H2,1-2H3. The molecule has 0 saturated heterocycles. The van der Waals surface area contributed by atoms with Crippen LogP contribution in [-0.4, -0.2) is 6.61 Å². The van der Waals surface area contributed by atoms with Crippen LogP contribution >= 0.6 is 0 Å². The quantitative estimate of drug-likeness (QED) is 0.632. The molecule has 112 valence electrons. The van der Waals surface area contributed by atoms with Gasteiger partial charge in [-0.15, -0.1) is 0 Å². The highest BCUT2D eigenvalue weighted by molar-refractivity contribution is 5.28. The maximum Gasteiger partial charge on any atom is 0.126 e. The summed E-state index contributed by atoms with van der Waals surface area (Å²) < 4.78 is 19.3. The fraction of sp³-hybridized carbons (Fsp3) is 0.294. The average Bonchev–Trinajstić information content (AvgIpc) is 2.47. The molecule has 0 radical (unpaired) electrons. The Bertz CT molecular complexity index is 601. The molecule has 2 aromatic rings. The highest BCUT2D eigenvalue weighted by Gasteiger charge is 2.11. The van der Waals surface area contributed by atoms with Gasteiger partial charge in [-0.25, -0.2) is 4.39 Å². The first-order valence-corrected chi connectivity index (χ1v) is 7.02. The van der Waals surface area contributed by atoms with E-state index >= 15 is 0 Å². The molecule has 4 heteroatoms.